The van der Waals surface area contributed by atoms with Gasteiger partial charge in [-0.05, 0) is 18.1 Å². The van der Waals surface area contributed by atoms with Crippen molar-refractivity contribution in [3.05, 3.63) is 43.8 Å². The quantitative estimate of drug-likeness (QED) is 0.641. The van der Waals surface area contributed by atoms with E-state index in [0.29, 0.717) is 0 Å². The van der Waals surface area contributed by atoms with Crippen molar-refractivity contribution in [3.8, 4) is 5.75 Å². The fourth-order valence-corrected chi connectivity index (χ4v) is 2.10. The molecule has 9 heteroatoms. The van der Waals surface area contributed by atoms with Gasteiger partial charge in [0.2, 0.25) is 5.76 Å². The van der Waals surface area contributed by atoms with Gasteiger partial charge in [0.25, 0.3) is 0 Å². The van der Waals surface area contributed by atoms with Crippen molar-refractivity contribution in [2.75, 3.05) is 7.11 Å². The third-order valence-electron chi connectivity index (χ3n) is 3.08. The molecule has 0 aliphatic heterocycles. The molecule has 0 spiro atoms. The molecule has 22 heavy (non-hydrogen) atoms. The lowest BCUT2D eigenvalue weighted by Crippen LogP contribution is -2.13. The number of alkyl halides is 3. The van der Waals surface area contributed by atoms with Gasteiger partial charge in [-0.25, -0.2) is 0 Å². The number of methoxy groups -OCH3 is 1. The van der Waals surface area contributed by atoms with Gasteiger partial charge in [0.15, 0.2) is 11.2 Å². The molecule has 1 heterocycles. The first-order chi connectivity index (χ1) is 10.2. The lowest BCUT2D eigenvalue weighted by molar-refractivity contribution is -0.384. The lowest BCUT2D eigenvalue weighted by Gasteiger charge is -2.11. The summed E-state index contributed by atoms with van der Waals surface area (Å²) >= 11 is 0. The van der Waals surface area contributed by atoms with E-state index in [4.69, 9.17) is 9.15 Å². The zero-order valence-electron chi connectivity index (χ0n) is 11.5. The summed E-state index contributed by atoms with van der Waals surface area (Å²) in [5, 5.41) is 10.6. The van der Waals surface area contributed by atoms with Crippen LogP contribution in [0.5, 0.6) is 5.75 Å². The Morgan fingerprint density at radius 2 is 2.00 bits per heavy atom. The van der Waals surface area contributed by atoms with E-state index in [1.165, 1.54) is 13.2 Å². The Morgan fingerprint density at radius 3 is 2.45 bits per heavy atom. The molecule has 1 aromatic carbocycles. The maximum Gasteiger partial charge on any atom is 0.449 e. The van der Waals surface area contributed by atoms with Gasteiger partial charge in [-0.2, -0.15) is 13.2 Å². The minimum absolute atomic E-state index is 0.203. The van der Waals surface area contributed by atoms with Crippen LogP contribution in [0.1, 0.15) is 18.2 Å². The van der Waals surface area contributed by atoms with Crippen molar-refractivity contribution in [1.82, 2.24) is 0 Å². The van der Waals surface area contributed by atoms with E-state index in [9.17, 15) is 28.1 Å². The molecule has 6 nitrogen and oxygen atoms in total. The number of aryl methyl sites for hydroxylation is 1. The molecule has 0 saturated carbocycles. The molecule has 0 unspecified atom stereocenters. The number of nitro benzene ring substituents is 1. The SMILES string of the molecule is CCc1cc(OC)c([N+](=O)[O-])c2c(=O)cc(C(F)(F)F)oc12. The number of hydrogen-bond acceptors (Lipinski definition) is 5. The predicted octanol–water partition coefficient (Wildman–Crippen LogP) is 3.29. The van der Waals surface area contributed by atoms with Crippen LogP contribution in [-0.4, -0.2) is 12.0 Å². The van der Waals surface area contributed by atoms with Gasteiger partial charge in [0, 0.05) is 6.07 Å². The monoisotopic (exact) mass is 317 g/mol. The summed E-state index contributed by atoms with van der Waals surface area (Å²) in [5.74, 6) is -1.71. The summed E-state index contributed by atoms with van der Waals surface area (Å²) in [4.78, 5) is 22.3. The highest BCUT2D eigenvalue weighted by Crippen LogP contribution is 2.38. The Labute approximate surface area is 121 Å². The molecule has 0 fully saturated rings. The largest absolute Gasteiger partial charge is 0.490 e. The van der Waals surface area contributed by atoms with E-state index in [1.807, 2.05) is 0 Å². The Balaban J connectivity index is 3.03. The molecule has 0 saturated heterocycles. The highest BCUT2D eigenvalue weighted by Gasteiger charge is 2.36. The lowest BCUT2D eigenvalue weighted by atomic mass is 10.1. The van der Waals surface area contributed by atoms with Crippen LogP contribution in [0.15, 0.2) is 21.3 Å². The standard InChI is InChI=1S/C13H10F3NO5/c1-3-6-4-8(21-2)11(17(19)20)10-7(18)5-9(13(14,15)16)22-12(6)10/h4-5H,3H2,1-2H3. The molecule has 0 aliphatic carbocycles. The van der Waals surface area contributed by atoms with Crippen LogP contribution in [0.3, 0.4) is 0 Å². The first kappa shape index (κ1) is 15.8. The van der Waals surface area contributed by atoms with Crippen molar-refractivity contribution in [3.63, 3.8) is 0 Å². The molecule has 1 aromatic heterocycles. The minimum atomic E-state index is -4.87. The number of rotatable bonds is 3. The van der Waals surface area contributed by atoms with E-state index in [1.54, 1.807) is 6.92 Å². The van der Waals surface area contributed by atoms with Gasteiger partial charge in [-0.1, -0.05) is 6.92 Å². The highest BCUT2D eigenvalue weighted by molar-refractivity contribution is 5.92. The minimum Gasteiger partial charge on any atom is -0.490 e. The van der Waals surface area contributed by atoms with E-state index < -0.39 is 38.9 Å². The van der Waals surface area contributed by atoms with Crippen molar-refractivity contribution < 1.29 is 27.2 Å². The molecule has 2 rings (SSSR count). The number of ether oxygens (including phenoxy) is 1. The second kappa shape index (κ2) is 5.32. The number of hydrogen-bond donors (Lipinski definition) is 0. The zero-order valence-corrected chi connectivity index (χ0v) is 11.5. The average molecular weight is 317 g/mol. The normalized spacial score (nSPS) is 11.7. The number of nitrogens with zero attached hydrogens (tertiary/aromatic N) is 1. The van der Waals surface area contributed by atoms with E-state index in [0.717, 1.165) is 0 Å². The molecule has 0 bridgehead atoms. The average Bonchev–Trinajstić information content (AvgIpc) is 2.44. The number of nitro groups is 1. The maximum atomic E-state index is 12.7. The van der Waals surface area contributed by atoms with Crippen LogP contribution in [0.4, 0.5) is 18.9 Å². The van der Waals surface area contributed by atoms with Gasteiger partial charge in [0.05, 0.1) is 12.0 Å². The molecule has 0 aliphatic rings. The molecule has 2 aromatic rings. The molecule has 0 amide bonds. The second-order valence-electron chi connectivity index (χ2n) is 4.37. The third kappa shape index (κ3) is 2.49. The van der Waals surface area contributed by atoms with Crippen LogP contribution in [0.25, 0.3) is 11.0 Å². The van der Waals surface area contributed by atoms with Gasteiger partial charge < -0.3 is 9.15 Å². The summed E-state index contributed by atoms with van der Waals surface area (Å²) in [5.41, 5.74) is -2.10. The topological polar surface area (TPSA) is 82.6 Å². The van der Waals surface area contributed by atoms with Crippen molar-refractivity contribution in [2.45, 2.75) is 19.5 Å². The van der Waals surface area contributed by atoms with Gasteiger partial charge >= 0.3 is 11.9 Å². The fourth-order valence-electron chi connectivity index (χ4n) is 2.10. The Kier molecular flexibility index (Phi) is 3.82. The number of halogens is 3. The Morgan fingerprint density at radius 1 is 1.36 bits per heavy atom. The van der Waals surface area contributed by atoms with E-state index in [-0.39, 0.29) is 23.8 Å². The summed E-state index contributed by atoms with van der Waals surface area (Å²) in [6.07, 6.45) is -4.66. The Hall–Kier alpha value is -2.58. The molecule has 0 radical (unpaired) electrons. The summed E-state index contributed by atoms with van der Waals surface area (Å²) < 4.78 is 47.8. The van der Waals surface area contributed by atoms with Crippen molar-refractivity contribution in [2.24, 2.45) is 0 Å². The van der Waals surface area contributed by atoms with Gasteiger partial charge in [-0.15, -0.1) is 0 Å². The summed E-state index contributed by atoms with van der Waals surface area (Å²) in [6.45, 7) is 1.61. The van der Waals surface area contributed by atoms with E-state index >= 15 is 0 Å². The van der Waals surface area contributed by atoms with Crippen LogP contribution < -0.4 is 10.2 Å². The Bertz CT molecular complexity index is 810. The fraction of sp³-hybridized carbons (Fsp3) is 0.308. The maximum absolute atomic E-state index is 12.7. The first-order valence-electron chi connectivity index (χ1n) is 6.10. The van der Waals surface area contributed by atoms with Crippen molar-refractivity contribution >= 4 is 16.7 Å². The highest BCUT2D eigenvalue weighted by atomic mass is 19.4. The van der Waals surface area contributed by atoms with Crippen LogP contribution >= 0.6 is 0 Å². The third-order valence-corrected chi connectivity index (χ3v) is 3.08. The molecule has 118 valence electrons. The zero-order chi connectivity index (χ0) is 16.7. The van der Waals surface area contributed by atoms with E-state index in [2.05, 4.69) is 0 Å². The summed E-state index contributed by atoms with van der Waals surface area (Å²) in [7, 11) is 1.17. The first-order valence-corrected chi connectivity index (χ1v) is 6.10. The number of benzene rings is 1. The molecular formula is C13H10F3NO5. The smallest absolute Gasteiger partial charge is 0.449 e. The second-order valence-corrected chi connectivity index (χ2v) is 4.37. The predicted molar refractivity (Wildman–Crippen MR) is 70.1 cm³/mol. The molecule has 0 N–H and O–H groups in total. The molecule has 0 atom stereocenters. The van der Waals surface area contributed by atoms with Gasteiger partial charge in [-0.3, -0.25) is 14.9 Å². The molecular weight excluding hydrogens is 307 g/mol. The summed E-state index contributed by atoms with van der Waals surface area (Å²) in [6, 6.07) is 1.40. The number of fused-ring (bicyclic) bond motifs is 1. The van der Waals surface area contributed by atoms with Crippen LogP contribution in [-0.2, 0) is 12.6 Å². The van der Waals surface area contributed by atoms with Gasteiger partial charge in [0.1, 0.15) is 11.0 Å². The van der Waals surface area contributed by atoms with Crippen LogP contribution in [0.2, 0.25) is 0 Å². The van der Waals surface area contributed by atoms with Crippen molar-refractivity contribution in [1.29, 1.82) is 0 Å². The van der Waals surface area contributed by atoms with Crippen LogP contribution in [0, 0.1) is 10.1 Å².